The lowest BCUT2D eigenvalue weighted by atomic mass is 10.2. The van der Waals surface area contributed by atoms with E-state index in [-0.39, 0.29) is 23.6 Å². The van der Waals surface area contributed by atoms with Crippen LogP contribution in [0.4, 0.5) is 10.1 Å². The summed E-state index contributed by atoms with van der Waals surface area (Å²) in [6, 6.07) is 5.05. The summed E-state index contributed by atoms with van der Waals surface area (Å²) in [6.45, 7) is 0.0572. The van der Waals surface area contributed by atoms with Gasteiger partial charge in [0.15, 0.2) is 0 Å². The Balaban J connectivity index is 2.86. The quantitative estimate of drug-likeness (QED) is 0.857. The van der Waals surface area contributed by atoms with Crippen molar-refractivity contribution in [2.24, 2.45) is 0 Å². The third-order valence-electron chi connectivity index (χ3n) is 1.92. The SMILES string of the molecule is COCCS(=O)(=O)Nc1ccc(F)c(C#N)c1. The highest BCUT2D eigenvalue weighted by Crippen LogP contribution is 2.15. The van der Waals surface area contributed by atoms with E-state index in [0.717, 1.165) is 12.1 Å². The van der Waals surface area contributed by atoms with E-state index in [2.05, 4.69) is 9.46 Å². The van der Waals surface area contributed by atoms with Gasteiger partial charge in [-0.1, -0.05) is 0 Å². The molecule has 0 radical (unpaired) electrons. The third-order valence-corrected chi connectivity index (χ3v) is 3.17. The zero-order valence-electron chi connectivity index (χ0n) is 9.10. The summed E-state index contributed by atoms with van der Waals surface area (Å²) < 4.78 is 42.8. The van der Waals surface area contributed by atoms with Crippen LogP contribution in [0.3, 0.4) is 0 Å². The van der Waals surface area contributed by atoms with E-state index in [0.29, 0.717) is 0 Å². The Bertz CT molecular complexity index is 537. The first kappa shape index (κ1) is 13.4. The van der Waals surface area contributed by atoms with Crippen molar-refractivity contribution in [1.29, 1.82) is 5.26 Å². The zero-order valence-corrected chi connectivity index (χ0v) is 9.92. The van der Waals surface area contributed by atoms with Crippen LogP contribution >= 0.6 is 0 Å². The molecule has 17 heavy (non-hydrogen) atoms. The minimum atomic E-state index is -3.54. The normalized spacial score (nSPS) is 10.9. The molecule has 1 rings (SSSR count). The van der Waals surface area contributed by atoms with Gasteiger partial charge in [-0.05, 0) is 18.2 Å². The number of benzene rings is 1. The number of sulfonamides is 1. The van der Waals surface area contributed by atoms with Crippen molar-refractivity contribution < 1.29 is 17.5 Å². The number of hydrogen-bond acceptors (Lipinski definition) is 4. The van der Waals surface area contributed by atoms with Crippen molar-refractivity contribution >= 4 is 15.7 Å². The van der Waals surface area contributed by atoms with Gasteiger partial charge in [-0.3, -0.25) is 4.72 Å². The van der Waals surface area contributed by atoms with Gasteiger partial charge in [0.05, 0.1) is 17.9 Å². The van der Waals surface area contributed by atoms with E-state index in [1.165, 1.54) is 13.2 Å². The lowest BCUT2D eigenvalue weighted by molar-refractivity contribution is 0.217. The Morgan fingerprint density at radius 3 is 2.82 bits per heavy atom. The molecular formula is C10H11FN2O3S. The number of ether oxygens (including phenoxy) is 1. The van der Waals surface area contributed by atoms with Gasteiger partial charge in [0, 0.05) is 12.8 Å². The van der Waals surface area contributed by atoms with E-state index < -0.39 is 15.8 Å². The average molecular weight is 258 g/mol. The van der Waals surface area contributed by atoms with Crippen LogP contribution in [0.2, 0.25) is 0 Å². The fourth-order valence-corrected chi connectivity index (χ4v) is 2.07. The molecule has 7 heteroatoms. The smallest absolute Gasteiger partial charge is 0.235 e. The highest BCUT2D eigenvalue weighted by molar-refractivity contribution is 7.92. The fourth-order valence-electron chi connectivity index (χ4n) is 1.10. The summed E-state index contributed by atoms with van der Waals surface area (Å²) in [5, 5.41) is 8.60. The van der Waals surface area contributed by atoms with Crippen molar-refractivity contribution in [1.82, 2.24) is 0 Å². The van der Waals surface area contributed by atoms with Gasteiger partial charge in [-0.2, -0.15) is 5.26 Å². The Hall–Kier alpha value is -1.65. The Morgan fingerprint density at radius 2 is 2.24 bits per heavy atom. The largest absolute Gasteiger partial charge is 0.384 e. The Morgan fingerprint density at radius 1 is 1.53 bits per heavy atom. The van der Waals surface area contributed by atoms with E-state index >= 15 is 0 Å². The molecular weight excluding hydrogens is 247 g/mol. The summed E-state index contributed by atoms with van der Waals surface area (Å²) >= 11 is 0. The van der Waals surface area contributed by atoms with E-state index in [1.807, 2.05) is 0 Å². The summed E-state index contributed by atoms with van der Waals surface area (Å²) in [5.74, 6) is -0.893. The van der Waals surface area contributed by atoms with Crippen molar-refractivity contribution in [3.8, 4) is 6.07 Å². The lowest BCUT2D eigenvalue weighted by Crippen LogP contribution is -2.19. The van der Waals surface area contributed by atoms with Crippen LogP contribution in [0.1, 0.15) is 5.56 Å². The lowest BCUT2D eigenvalue weighted by Gasteiger charge is -2.07. The minimum Gasteiger partial charge on any atom is -0.384 e. The molecule has 0 unspecified atom stereocenters. The summed E-state index contributed by atoms with van der Waals surface area (Å²) in [6.07, 6.45) is 0. The second-order valence-electron chi connectivity index (χ2n) is 3.22. The number of hydrogen-bond donors (Lipinski definition) is 1. The number of nitrogens with zero attached hydrogens (tertiary/aromatic N) is 1. The van der Waals surface area contributed by atoms with E-state index in [4.69, 9.17) is 5.26 Å². The number of nitrogens with one attached hydrogen (secondary N) is 1. The fraction of sp³-hybridized carbons (Fsp3) is 0.300. The molecule has 0 heterocycles. The van der Waals surface area contributed by atoms with E-state index in [1.54, 1.807) is 6.07 Å². The maximum absolute atomic E-state index is 13.0. The second kappa shape index (κ2) is 5.61. The van der Waals surface area contributed by atoms with Crippen molar-refractivity contribution in [2.75, 3.05) is 24.2 Å². The highest BCUT2D eigenvalue weighted by Gasteiger charge is 2.11. The van der Waals surface area contributed by atoms with Gasteiger partial charge in [-0.15, -0.1) is 0 Å². The molecule has 0 spiro atoms. The number of methoxy groups -OCH3 is 1. The standard InChI is InChI=1S/C10H11FN2O3S/c1-16-4-5-17(14,15)13-9-2-3-10(11)8(6-9)7-12/h2-3,6,13H,4-5H2,1H3. The van der Waals surface area contributed by atoms with Crippen LogP contribution in [-0.4, -0.2) is 27.9 Å². The number of nitriles is 1. The second-order valence-corrected chi connectivity index (χ2v) is 5.06. The van der Waals surface area contributed by atoms with E-state index in [9.17, 15) is 12.8 Å². The van der Waals surface area contributed by atoms with Gasteiger partial charge in [0.2, 0.25) is 10.0 Å². The predicted molar refractivity (Wildman–Crippen MR) is 60.4 cm³/mol. The van der Waals surface area contributed by atoms with Crippen LogP contribution in [0.25, 0.3) is 0 Å². The summed E-state index contributed by atoms with van der Waals surface area (Å²) in [7, 11) is -2.15. The Labute approximate surface area is 98.9 Å². The molecule has 0 aromatic heterocycles. The number of rotatable bonds is 5. The monoisotopic (exact) mass is 258 g/mol. The van der Waals surface area contributed by atoms with Gasteiger partial charge in [0.1, 0.15) is 11.9 Å². The molecule has 0 aliphatic carbocycles. The molecule has 0 atom stereocenters. The molecule has 0 bridgehead atoms. The third kappa shape index (κ3) is 4.01. The molecule has 92 valence electrons. The van der Waals surface area contributed by atoms with Crippen LogP contribution < -0.4 is 4.72 Å². The van der Waals surface area contributed by atoms with Crippen LogP contribution in [-0.2, 0) is 14.8 Å². The molecule has 0 saturated carbocycles. The molecule has 0 saturated heterocycles. The van der Waals surface area contributed by atoms with Crippen molar-refractivity contribution in [3.05, 3.63) is 29.6 Å². The van der Waals surface area contributed by atoms with Crippen molar-refractivity contribution in [3.63, 3.8) is 0 Å². The first-order chi connectivity index (χ1) is 7.98. The van der Waals surface area contributed by atoms with Crippen molar-refractivity contribution in [2.45, 2.75) is 0 Å². The highest BCUT2D eigenvalue weighted by atomic mass is 32.2. The first-order valence-corrected chi connectivity index (χ1v) is 6.33. The average Bonchev–Trinajstić information content (AvgIpc) is 2.29. The predicted octanol–water partition coefficient (Wildman–Crippen LogP) is 1.09. The molecule has 5 nitrogen and oxygen atoms in total. The number of halogens is 1. The zero-order chi connectivity index (χ0) is 12.9. The van der Waals surface area contributed by atoms with Gasteiger partial charge >= 0.3 is 0 Å². The minimum absolute atomic E-state index is 0.0572. The van der Waals surface area contributed by atoms with Crippen LogP contribution in [0.5, 0.6) is 0 Å². The molecule has 0 amide bonds. The van der Waals surface area contributed by atoms with Crippen LogP contribution in [0, 0.1) is 17.1 Å². The molecule has 0 fully saturated rings. The molecule has 0 aliphatic heterocycles. The summed E-state index contributed by atoms with van der Waals surface area (Å²) in [5.41, 5.74) is -0.0593. The molecule has 1 aromatic carbocycles. The Kier molecular flexibility index (Phi) is 4.43. The van der Waals surface area contributed by atoms with Gasteiger partial charge < -0.3 is 4.74 Å². The van der Waals surface area contributed by atoms with Gasteiger partial charge in [0.25, 0.3) is 0 Å². The maximum Gasteiger partial charge on any atom is 0.235 e. The maximum atomic E-state index is 13.0. The molecule has 0 aliphatic rings. The topological polar surface area (TPSA) is 79.2 Å². The molecule has 1 N–H and O–H groups in total. The first-order valence-electron chi connectivity index (χ1n) is 4.67. The summed E-state index contributed by atoms with van der Waals surface area (Å²) in [4.78, 5) is 0. The number of anilines is 1. The van der Waals surface area contributed by atoms with Crippen LogP contribution in [0.15, 0.2) is 18.2 Å². The molecule has 1 aromatic rings. The van der Waals surface area contributed by atoms with Gasteiger partial charge in [-0.25, -0.2) is 12.8 Å².